The number of fused-ring (bicyclic) bond motifs is 22. The maximum atomic E-state index is 5.68. The van der Waals surface area contributed by atoms with Crippen LogP contribution in [0.4, 0.5) is 0 Å². The smallest absolute Gasteiger partial charge is 0.0794 e. The number of hydrogen-bond acceptors (Lipinski definition) is 4. The van der Waals surface area contributed by atoms with Crippen molar-refractivity contribution in [2.45, 2.75) is 0 Å². The van der Waals surface area contributed by atoms with Gasteiger partial charge < -0.3 is 0 Å². The molecule has 0 saturated carbocycles. The molecule has 0 spiro atoms. The molecule has 4 nitrogen and oxygen atoms in total. The lowest BCUT2D eigenvalue weighted by Crippen LogP contribution is -1.95. The predicted octanol–water partition coefficient (Wildman–Crippen LogP) is 31.6. The Hall–Kier alpha value is -15.9. The first-order valence-electron chi connectivity index (χ1n) is 41.2. The molecule has 0 aliphatic carbocycles. The van der Waals surface area contributed by atoms with Crippen molar-refractivity contribution in [1.29, 1.82) is 0 Å². The van der Waals surface area contributed by atoms with E-state index < -0.39 is 0 Å². The van der Waals surface area contributed by atoms with Crippen LogP contribution in [0.5, 0.6) is 0 Å². The van der Waals surface area contributed by atoms with Crippen LogP contribution >= 0.6 is 0 Å². The Morgan fingerprint density at radius 3 is 0.825 bits per heavy atom. The zero-order chi connectivity index (χ0) is 78.9. The van der Waals surface area contributed by atoms with Crippen molar-refractivity contribution in [3.63, 3.8) is 0 Å². The minimum Gasteiger partial charge on any atom is -0.248 e. The summed E-state index contributed by atoms with van der Waals surface area (Å²) in [7, 11) is 0. The zero-order valence-corrected chi connectivity index (χ0v) is 65.2. The molecule has 21 aromatic carbocycles. The molecule has 0 radical (unpaired) electrons. The molecule has 0 saturated heterocycles. The summed E-state index contributed by atoms with van der Waals surface area (Å²) < 4.78 is 0. The van der Waals surface area contributed by atoms with Crippen molar-refractivity contribution in [3.8, 4) is 89.5 Å². The molecule has 0 unspecified atom stereocenters. The summed E-state index contributed by atoms with van der Waals surface area (Å²) in [6.07, 6.45) is 0. The molecule has 554 valence electrons. The molecule has 120 heavy (non-hydrogen) atoms. The van der Waals surface area contributed by atoms with Gasteiger partial charge in [-0.25, -0.2) is 19.9 Å². The first-order valence-corrected chi connectivity index (χ1v) is 41.2. The topological polar surface area (TPSA) is 51.6 Å². The van der Waals surface area contributed by atoms with Crippen molar-refractivity contribution < 1.29 is 0 Å². The van der Waals surface area contributed by atoms with Crippen LogP contribution in [0.3, 0.4) is 0 Å². The average molecular weight is 1520 g/mol. The van der Waals surface area contributed by atoms with Gasteiger partial charge in [-0.05, 0) is 214 Å². The van der Waals surface area contributed by atoms with E-state index in [1.807, 2.05) is 6.07 Å². The highest BCUT2D eigenvalue weighted by Crippen LogP contribution is 2.49. The highest BCUT2D eigenvalue weighted by Gasteiger charge is 2.24. The van der Waals surface area contributed by atoms with Gasteiger partial charge in [0, 0.05) is 60.0 Å². The molecule has 0 aliphatic heterocycles. The Kier molecular flexibility index (Phi) is 16.0. The van der Waals surface area contributed by atoms with E-state index in [9.17, 15) is 0 Å². The van der Waals surface area contributed by atoms with Crippen LogP contribution in [-0.2, 0) is 0 Å². The van der Waals surface area contributed by atoms with Crippen LogP contribution < -0.4 is 0 Å². The highest BCUT2D eigenvalue weighted by molar-refractivity contribution is 6.25. The summed E-state index contributed by atoms with van der Waals surface area (Å²) in [4.78, 5) is 21.6. The lowest BCUT2D eigenvalue weighted by Gasteiger charge is -2.18. The van der Waals surface area contributed by atoms with E-state index in [4.69, 9.17) is 19.9 Å². The zero-order valence-electron chi connectivity index (χ0n) is 65.2. The third-order valence-electron chi connectivity index (χ3n) is 25.0. The van der Waals surface area contributed by atoms with Crippen LogP contribution in [0.1, 0.15) is 0 Å². The van der Waals surface area contributed by atoms with Gasteiger partial charge in [-0.2, -0.15) is 0 Å². The van der Waals surface area contributed by atoms with E-state index in [2.05, 4.69) is 419 Å². The van der Waals surface area contributed by atoms with Crippen molar-refractivity contribution in [2.24, 2.45) is 0 Å². The van der Waals surface area contributed by atoms with Crippen molar-refractivity contribution in [3.05, 3.63) is 425 Å². The molecule has 4 aromatic heterocycles. The fourth-order valence-electron chi connectivity index (χ4n) is 19.4. The Morgan fingerprint density at radius 2 is 0.408 bits per heavy atom. The summed E-state index contributed by atoms with van der Waals surface area (Å²) in [5, 5.41) is 31.3. The second-order valence-electron chi connectivity index (χ2n) is 31.7. The number of nitrogens with zero attached hydrogens (tertiary/aromatic N) is 4. The van der Waals surface area contributed by atoms with Gasteiger partial charge in [-0.15, -0.1) is 0 Å². The summed E-state index contributed by atoms with van der Waals surface area (Å²) in [6, 6.07) is 154. The van der Waals surface area contributed by atoms with Crippen LogP contribution in [0.25, 0.3) is 252 Å². The molecular weight excluding hydrogens is 1450 g/mol. The standard InChI is InChI=1S/C60H36N2.C56H34N2/c1-3-17-41-39(15-1)33-53(45-21-7-5-19-43(41)45)54-35-56-52(37-29-31-38(32-30-37)59-50-26-11-9-23-47(50)49-25-13-14-28-57(49)61-59)36-58(62-60(56)51-27-12-10-24-48(51)54)55-34-40-16-2-4-18-42(40)44-20-6-8-22-46(44)55;1-4-16-40-38(14-1)31-49(44-20-8-6-18-42(40)44)50-33-52-48(35-25-27-37(28-26-35)54-30-29-36-13-3-12-24-53(36)57-54)34-55(58-56(52)47-23-11-10-22-46(47)50)51-32-39-15-2-5-17-41(39)43-19-7-9-21-45(43)51/h1-36H;1-34H. The normalized spacial score (nSPS) is 11.8. The largest absolute Gasteiger partial charge is 0.248 e. The molecule has 0 bridgehead atoms. The average Bonchev–Trinajstić information content (AvgIpc) is 0.727. The van der Waals surface area contributed by atoms with Crippen LogP contribution in [0.15, 0.2) is 425 Å². The number of pyridine rings is 4. The van der Waals surface area contributed by atoms with Crippen LogP contribution in [0, 0.1) is 0 Å². The van der Waals surface area contributed by atoms with Gasteiger partial charge in [-0.1, -0.05) is 358 Å². The lowest BCUT2D eigenvalue weighted by atomic mass is 9.87. The van der Waals surface area contributed by atoms with E-state index >= 15 is 0 Å². The molecule has 4 heterocycles. The number of aromatic nitrogens is 4. The molecule has 25 aromatic rings. The van der Waals surface area contributed by atoms with E-state index in [1.165, 1.54) is 130 Å². The summed E-state index contributed by atoms with van der Waals surface area (Å²) in [5.74, 6) is 0. The number of hydrogen-bond donors (Lipinski definition) is 0. The second kappa shape index (κ2) is 28.0. The SMILES string of the molecule is c1ccc2c(c1)cc(-c1cc(-c3ccc(-c4nc5ccccc5c5ccccc45)cc3)c3cc(-c4cc5ccccc5c5ccccc45)c4ccccc4c3n1)c1ccccc12.c1ccc2nc(-c3ccc(-c4cc(-c5cc6ccccc6c6ccccc56)nc5c4cc(-c4cc6ccccc6c6ccccc46)c4ccccc45)cc3)ccc2c1. The van der Waals surface area contributed by atoms with Crippen molar-refractivity contribution in [1.82, 2.24) is 19.9 Å². The first kappa shape index (κ1) is 68.5. The van der Waals surface area contributed by atoms with Gasteiger partial charge in [0.05, 0.1) is 44.8 Å². The van der Waals surface area contributed by atoms with Gasteiger partial charge in [0.15, 0.2) is 0 Å². The highest BCUT2D eigenvalue weighted by atomic mass is 14.7. The first-order chi connectivity index (χ1) is 59.5. The molecule has 0 amide bonds. The Morgan fingerprint density at radius 1 is 0.125 bits per heavy atom. The third kappa shape index (κ3) is 11.3. The second-order valence-corrected chi connectivity index (χ2v) is 31.7. The van der Waals surface area contributed by atoms with Gasteiger partial charge in [0.1, 0.15) is 0 Å². The minimum atomic E-state index is 0.953. The molecule has 0 atom stereocenters. The third-order valence-corrected chi connectivity index (χ3v) is 25.0. The fourth-order valence-corrected chi connectivity index (χ4v) is 19.4. The minimum absolute atomic E-state index is 0.953. The molecular formula is C116H70N4. The summed E-state index contributed by atoms with van der Waals surface area (Å²) in [5.41, 5.74) is 21.7. The monoisotopic (exact) mass is 1520 g/mol. The Bertz CT molecular complexity index is 8600. The fraction of sp³-hybridized carbons (Fsp3) is 0. The number of para-hydroxylation sites is 2. The number of benzene rings is 21. The number of rotatable bonds is 8. The maximum Gasteiger partial charge on any atom is 0.0794 e. The van der Waals surface area contributed by atoms with E-state index in [1.54, 1.807) is 0 Å². The quantitative estimate of drug-likeness (QED) is 0.142. The molecule has 0 N–H and O–H groups in total. The van der Waals surface area contributed by atoms with Gasteiger partial charge in [0.2, 0.25) is 0 Å². The summed E-state index contributed by atoms with van der Waals surface area (Å²) >= 11 is 0. The Balaban J connectivity index is 0.000000137. The van der Waals surface area contributed by atoms with E-state index in [-0.39, 0.29) is 0 Å². The maximum absolute atomic E-state index is 5.68. The predicted molar refractivity (Wildman–Crippen MR) is 510 cm³/mol. The van der Waals surface area contributed by atoms with E-state index in [0.29, 0.717) is 0 Å². The van der Waals surface area contributed by atoms with Gasteiger partial charge >= 0.3 is 0 Å². The van der Waals surface area contributed by atoms with Crippen molar-refractivity contribution >= 4 is 162 Å². The van der Waals surface area contributed by atoms with Crippen LogP contribution in [-0.4, -0.2) is 19.9 Å². The molecule has 25 rings (SSSR count). The van der Waals surface area contributed by atoms with Crippen LogP contribution in [0.2, 0.25) is 0 Å². The summed E-state index contributed by atoms with van der Waals surface area (Å²) in [6.45, 7) is 0. The van der Waals surface area contributed by atoms with Gasteiger partial charge in [-0.3, -0.25) is 0 Å². The van der Waals surface area contributed by atoms with E-state index in [0.717, 1.165) is 122 Å². The van der Waals surface area contributed by atoms with Crippen molar-refractivity contribution in [2.75, 3.05) is 0 Å². The van der Waals surface area contributed by atoms with Gasteiger partial charge in [0.25, 0.3) is 0 Å². The molecule has 4 heteroatoms. The molecule has 0 aliphatic rings. The molecule has 0 fully saturated rings. The Labute approximate surface area is 691 Å². The lowest BCUT2D eigenvalue weighted by molar-refractivity contribution is 1.40.